The Morgan fingerprint density at radius 3 is 2.83 bits per heavy atom. The van der Waals surface area contributed by atoms with Gasteiger partial charge in [-0.25, -0.2) is 9.50 Å². The van der Waals surface area contributed by atoms with E-state index in [9.17, 15) is 9.59 Å². The Kier molecular flexibility index (Phi) is 3.26. The van der Waals surface area contributed by atoms with Gasteiger partial charge in [-0.05, 0) is 26.7 Å². The molecule has 4 rings (SSSR count). The van der Waals surface area contributed by atoms with E-state index in [4.69, 9.17) is 0 Å². The monoisotopic (exact) mass is 315 g/mol. The van der Waals surface area contributed by atoms with Gasteiger partial charge in [0.25, 0.3) is 11.5 Å². The number of nitrogens with one attached hydrogen (secondary N) is 1. The quantitative estimate of drug-likeness (QED) is 0.882. The third kappa shape index (κ3) is 2.45. The molecule has 1 saturated heterocycles. The molecule has 0 radical (unpaired) electrons. The lowest BCUT2D eigenvalue weighted by Gasteiger charge is -2.39. The summed E-state index contributed by atoms with van der Waals surface area (Å²) in [5.41, 5.74) is 1.18. The molecule has 0 bridgehead atoms. The number of aromatic nitrogens is 3. The highest BCUT2D eigenvalue weighted by molar-refractivity contribution is 5.94. The van der Waals surface area contributed by atoms with E-state index in [1.54, 1.807) is 11.0 Å². The highest BCUT2D eigenvalue weighted by Crippen LogP contribution is 2.29. The zero-order valence-electron chi connectivity index (χ0n) is 13.5. The molecule has 1 aliphatic carbocycles. The summed E-state index contributed by atoms with van der Waals surface area (Å²) in [6.07, 6.45) is 3.96. The molecular weight excluding hydrogens is 294 g/mol. The maximum absolute atomic E-state index is 12.8. The summed E-state index contributed by atoms with van der Waals surface area (Å²) in [5.74, 6) is -0.216. The number of piperazine rings is 1. The van der Waals surface area contributed by atoms with E-state index in [1.807, 2.05) is 6.92 Å². The van der Waals surface area contributed by atoms with E-state index in [-0.39, 0.29) is 23.1 Å². The van der Waals surface area contributed by atoms with Crippen LogP contribution in [0.3, 0.4) is 0 Å². The largest absolute Gasteiger partial charge is 0.333 e. The van der Waals surface area contributed by atoms with Crippen LogP contribution in [-0.2, 0) is 0 Å². The molecule has 7 heteroatoms. The highest BCUT2D eigenvalue weighted by Gasteiger charge is 2.36. The zero-order chi connectivity index (χ0) is 16.1. The molecule has 2 fully saturated rings. The summed E-state index contributed by atoms with van der Waals surface area (Å²) in [6, 6.07) is 2.61. The molecule has 23 heavy (non-hydrogen) atoms. The van der Waals surface area contributed by atoms with E-state index in [0.717, 1.165) is 18.8 Å². The van der Waals surface area contributed by atoms with Gasteiger partial charge < -0.3 is 4.90 Å². The molecular formula is C16H21N5O2. The Labute approximate surface area is 133 Å². The summed E-state index contributed by atoms with van der Waals surface area (Å²) in [7, 11) is 0. The van der Waals surface area contributed by atoms with E-state index >= 15 is 0 Å². The average Bonchev–Trinajstić information content (AvgIpc) is 3.29. The lowest BCUT2D eigenvalue weighted by atomic mass is 10.1. The van der Waals surface area contributed by atoms with Crippen LogP contribution in [0, 0.1) is 6.92 Å². The van der Waals surface area contributed by atoms with E-state index in [2.05, 4.69) is 21.9 Å². The van der Waals surface area contributed by atoms with Crippen molar-refractivity contribution in [1.29, 1.82) is 0 Å². The zero-order valence-corrected chi connectivity index (χ0v) is 13.5. The summed E-state index contributed by atoms with van der Waals surface area (Å²) in [4.78, 5) is 33.9. The van der Waals surface area contributed by atoms with Gasteiger partial charge in [-0.15, -0.1) is 0 Å². The number of aromatic amines is 1. The third-order valence-corrected chi connectivity index (χ3v) is 4.84. The van der Waals surface area contributed by atoms with Crippen molar-refractivity contribution in [2.75, 3.05) is 19.6 Å². The Morgan fingerprint density at radius 2 is 2.13 bits per heavy atom. The van der Waals surface area contributed by atoms with Crippen molar-refractivity contribution < 1.29 is 4.79 Å². The molecule has 7 nitrogen and oxygen atoms in total. The van der Waals surface area contributed by atoms with Gasteiger partial charge in [0.15, 0.2) is 5.65 Å². The predicted molar refractivity (Wildman–Crippen MR) is 85.6 cm³/mol. The number of nitrogens with zero attached hydrogens (tertiary/aromatic N) is 4. The van der Waals surface area contributed by atoms with Gasteiger partial charge in [-0.2, -0.15) is 0 Å². The molecule has 1 N–H and O–H groups in total. The first-order valence-electron chi connectivity index (χ1n) is 8.17. The van der Waals surface area contributed by atoms with Crippen molar-refractivity contribution in [2.45, 2.75) is 38.8 Å². The Bertz CT molecular complexity index is 819. The van der Waals surface area contributed by atoms with Crippen molar-refractivity contribution >= 4 is 11.6 Å². The fourth-order valence-corrected chi connectivity index (χ4v) is 3.44. The van der Waals surface area contributed by atoms with Crippen LogP contribution in [0.1, 0.15) is 35.8 Å². The molecule has 2 aromatic rings. The molecule has 1 unspecified atom stereocenters. The summed E-state index contributed by atoms with van der Waals surface area (Å²) < 4.78 is 1.34. The minimum atomic E-state index is -0.329. The fraction of sp³-hybridized carbons (Fsp3) is 0.562. The van der Waals surface area contributed by atoms with Crippen LogP contribution >= 0.6 is 0 Å². The number of hydrogen-bond acceptors (Lipinski definition) is 4. The van der Waals surface area contributed by atoms with Gasteiger partial charge in [0, 0.05) is 49.7 Å². The van der Waals surface area contributed by atoms with E-state index < -0.39 is 0 Å². The number of hydrogen-bond donors (Lipinski definition) is 1. The summed E-state index contributed by atoms with van der Waals surface area (Å²) in [5, 5.41) is 2.93. The molecule has 1 saturated carbocycles. The molecule has 1 amide bonds. The Hall–Kier alpha value is -2.15. The van der Waals surface area contributed by atoms with Gasteiger partial charge in [0.1, 0.15) is 5.56 Å². The Balaban J connectivity index is 1.61. The number of carbonyl (C=O) groups is 1. The topological polar surface area (TPSA) is 73.7 Å². The minimum absolute atomic E-state index is 0.113. The average molecular weight is 315 g/mol. The van der Waals surface area contributed by atoms with Crippen LogP contribution in [0.15, 0.2) is 17.1 Å². The number of aryl methyl sites for hydroxylation is 1. The third-order valence-electron chi connectivity index (χ3n) is 4.84. The molecule has 2 aromatic heterocycles. The van der Waals surface area contributed by atoms with Crippen LogP contribution in [0.25, 0.3) is 5.65 Å². The molecule has 122 valence electrons. The highest BCUT2D eigenvalue weighted by atomic mass is 16.2. The standard InChI is InChI=1S/C16H21N5O2/c1-10-7-14-17-8-13(16(23)21(14)18-10)15(22)20-6-5-19(9-11(20)2)12-3-4-12/h7-8,11-12,18H,3-6,9H2,1-2H3. The molecule has 2 aliphatic rings. The first-order valence-corrected chi connectivity index (χ1v) is 8.17. The number of rotatable bonds is 2. The summed E-state index contributed by atoms with van der Waals surface area (Å²) in [6.45, 7) is 6.35. The molecule has 3 heterocycles. The first-order chi connectivity index (χ1) is 11.0. The predicted octanol–water partition coefficient (Wildman–Crippen LogP) is 0.640. The Morgan fingerprint density at radius 1 is 1.35 bits per heavy atom. The van der Waals surface area contributed by atoms with Crippen LogP contribution < -0.4 is 5.56 Å². The van der Waals surface area contributed by atoms with Gasteiger partial charge in [-0.3, -0.25) is 19.6 Å². The number of H-pyrrole nitrogens is 1. The second-order valence-electron chi connectivity index (χ2n) is 6.68. The fourth-order valence-electron chi connectivity index (χ4n) is 3.44. The van der Waals surface area contributed by atoms with Crippen molar-refractivity contribution in [3.8, 4) is 0 Å². The first kappa shape index (κ1) is 14.4. The van der Waals surface area contributed by atoms with Gasteiger partial charge in [0.2, 0.25) is 0 Å². The molecule has 0 spiro atoms. The normalized spacial score (nSPS) is 22.7. The molecule has 1 aliphatic heterocycles. The lowest BCUT2D eigenvalue weighted by Crippen LogP contribution is -2.55. The van der Waals surface area contributed by atoms with Crippen molar-refractivity contribution in [3.63, 3.8) is 0 Å². The SMILES string of the molecule is Cc1cc2ncc(C(=O)N3CCN(C4CC4)CC3C)c(=O)n2[nH]1. The summed E-state index contributed by atoms with van der Waals surface area (Å²) >= 11 is 0. The molecule has 1 atom stereocenters. The van der Waals surface area contributed by atoms with Crippen molar-refractivity contribution in [3.05, 3.63) is 33.9 Å². The van der Waals surface area contributed by atoms with Crippen molar-refractivity contribution in [2.24, 2.45) is 0 Å². The number of carbonyl (C=O) groups excluding carboxylic acids is 1. The van der Waals surface area contributed by atoms with E-state index in [1.165, 1.54) is 23.6 Å². The second kappa shape index (κ2) is 5.19. The van der Waals surface area contributed by atoms with Crippen molar-refractivity contribution in [1.82, 2.24) is 24.4 Å². The molecule has 0 aromatic carbocycles. The number of amides is 1. The smallest absolute Gasteiger partial charge is 0.285 e. The maximum atomic E-state index is 12.8. The maximum Gasteiger partial charge on any atom is 0.285 e. The van der Waals surface area contributed by atoms with Gasteiger partial charge >= 0.3 is 0 Å². The van der Waals surface area contributed by atoms with E-state index in [0.29, 0.717) is 18.2 Å². The minimum Gasteiger partial charge on any atom is -0.333 e. The lowest BCUT2D eigenvalue weighted by molar-refractivity contribution is 0.0471. The second-order valence-corrected chi connectivity index (χ2v) is 6.68. The van der Waals surface area contributed by atoms with Crippen LogP contribution in [0.2, 0.25) is 0 Å². The van der Waals surface area contributed by atoms with Gasteiger partial charge in [-0.1, -0.05) is 0 Å². The van der Waals surface area contributed by atoms with Crippen LogP contribution in [0.4, 0.5) is 0 Å². The number of fused-ring (bicyclic) bond motifs is 1. The van der Waals surface area contributed by atoms with Crippen LogP contribution in [0.5, 0.6) is 0 Å². The van der Waals surface area contributed by atoms with Gasteiger partial charge in [0.05, 0.1) is 0 Å². The van der Waals surface area contributed by atoms with Crippen LogP contribution in [-0.4, -0.2) is 62.0 Å².